The first kappa shape index (κ1) is 18.9. The monoisotopic (exact) mass is 390 g/mol. The lowest BCUT2D eigenvalue weighted by molar-refractivity contribution is -0.122. The fraction of sp³-hybridized carbons (Fsp3) is 0.182. The van der Waals surface area contributed by atoms with E-state index in [1.54, 1.807) is 31.4 Å². The molecule has 7 nitrogen and oxygen atoms in total. The fourth-order valence-electron chi connectivity index (χ4n) is 3.54. The molecule has 0 aliphatic carbocycles. The van der Waals surface area contributed by atoms with Crippen LogP contribution in [0.5, 0.6) is 11.5 Å². The number of phenols is 1. The molecule has 0 radical (unpaired) electrons. The topological polar surface area (TPSA) is 95.0 Å². The molecule has 1 amide bonds. The van der Waals surface area contributed by atoms with Crippen LogP contribution in [0.2, 0.25) is 0 Å². The summed E-state index contributed by atoms with van der Waals surface area (Å²) in [4.78, 5) is 12.5. The van der Waals surface area contributed by atoms with Crippen LogP contribution in [0.1, 0.15) is 23.6 Å². The lowest BCUT2D eigenvalue weighted by Gasteiger charge is -2.17. The van der Waals surface area contributed by atoms with Gasteiger partial charge < -0.3 is 9.84 Å². The predicted molar refractivity (Wildman–Crippen MR) is 112 cm³/mol. The van der Waals surface area contributed by atoms with Gasteiger partial charge in [0.05, 0.1) is 19.4 Å². The number of aromatic hydroxyl groups is 1. The second kappa shape index (κ2) is 8.30. The Labute approximate surface area is 168 Å². The second-order valence-electron chi connectivity index (χ2n) is 6.86. The summed E-state index contributed by atoms with van der Waals surface area (Å²) in [5.41, 5.74) is 10.6. The van der Waals surface area contributed by atoms with E-state index >= 15 is 0 Å². The smallest absolute Gasteiger partial charge is 0.258 e. The maximum absolute atomic E-state index is 12.5. The van der Waals surface area contributed by atoms with Crippen molar-refractivity contribution in [3.63, 3.8) is 0 Å². The summed E-state index contributed by atoms with van der Waals surface area (Å²) in [7, 11) is 1.65. The first-order valence-corrected chi connectivity index (χ1v) is 9.34. The standard InChI is InChI=1S/C22H22N4O3/c1-29-20-11-8-15-4-2-3-5-17(15)21(20)18-12-19(25-24-18)22(28)26-23-13-14-6-9-16(27)10-7-14/h2-11,13,18-19,24-25,27H,12H2,1H3,(H,26,28)/b23-13+. The number of fused-ring (bicyclic) bond motifs is 1. The Morgan fingerprint density at radius 1 is 1.14 bits per heavy atom. The van der Waals surface area contributed by atoms with Gasteiger partial charge in [0.1, 0.15) is 17.5 Å². The largest absolute Gasteiger partial charge is 0.508 e. The van der Waals surface area contributed by atoms with E-state index in [-0.39, 0.29) is 17.7 Å². The van der Waals surface area contributed by atoms with Crippen molar-refractivity contribution in [3.05, 3.63) is 71.8 Å². The van der Waals surface area contributed by atoms with Gasteiger partial charge in [-0.3, -0.25) is 4.79 Å². The highest BCUT2D eigenvalue weighted by Gasteiger charge is 2.32. The molecule has 0 saturated carbocycles. The van der Waals surface area contributed by atoms with E-state index in [1.807, 2.05) is 24.3 Å². The molecule has 3 aromatic carbocycles. The number of amides is 1. The molecule has 0 bridgehead atoms. The summed E-state index contributed by atoms with van der Waals surface area (Å²) in [6, 6.07) is 18.1. The van der Waals surface area contributed by atoms with Crippen molar-refractivity contribution in [2.75, 3.05) is 7.11 Å². The Bertz CT molecular complexity index is 1050. The van der Waals surface area contributed by atoms with Crippen LogP contribution in [0.15, 0.2) is 65.8 Å². The van der Waals surface area contributed by atoms with Crippen molar-refractivity contribution in [2.24, 2.45) is 5.10 Å². The molecule has 148 valence electrons. The minimum Gasteiger partial charge on any atom is -0.508 e. The lowest BCUT2D eigenvalue weighted by Crippen LogP contribution is -2.41. The second-order valence-corrected chi connectivity index (χ2v) is 6.86. The average molecular weight is 390 g/mol. The first-order chi connectivity index (χ1) is 14.2. The first-order valence-electron chi connectivity index (χ1n) is 9.34. The number of methoxy groups -OCH3 is 1. The van der Waals surface area contributed by atoms with Crippen LogP contribution >= 0.6 is 0 Å². The van der Waals surface area contributed by atoms with Gasteiger partial charge in [0.25, 0.3) is 5.91 Å². The molecule has 2 atom stereocenters. The summed E-state index contributed by atoms with van der Waals surface area (Å²) in [6.45, 7) is 0. The number of rotatable bonds is 5. The Morgan fingerprint density at radius 2 is 1.93 bits per heavy atom. The predicted octanol–water partition coefficient (Wildman–Crippen LogP) is 2.61. The molecule has 4 rings (SSSR count). The van der Waals surface area contributed by atoms with Crippen molar-refractivity contribution < 1.29 is 14.6 Å². The zero-order valence-corrected chi connectivity index (χ0v) is 15.9. The van der Waals surface area contributed by atoms with Crippen LogP contribution in [-0.4, -0.2) is 30.4 Å². The van der Waals surface area contributed by atoms with Crippen LogP contribution in [0.4, 0.5) is 0 Å². The number of hydrazine groups is 1. The van der Waals surface area contributed by atoms with Gasteiger partial charge in [-0.2, -0.15) is 5.10 Å². The third-order valence-corrected chi connectivity index (χ3v) is 5.00. The van der Waals surface area contributed by atoms with E-state index in [0.717, 1.165) is 27.6 Å². The quantitative estimate of drug-likeness (QED) is 0.397. The van der Waals surface area contributed by atoms with Crippen molar-refractivity contribution in [1.82, 2.24) is 16.3 Å². The van der Waals surface area contributed by atoms with Crippen molar-refractivity contribution >= 4 is 22.9 Å². The molecule has 1 aliphatic rings. The van der Waals surface area contributed by atoms with Gasteiger partial charge in [0.2, 0.25) is 0 Å². The molecular formula is C22H22N4O3. The third kappa shape index (κ3) is 4.06. The van der Waals surface area contributed by atoms with E-state index < -0.39 is 6.04 Å². The summed E-state index contributed by atoms with van der Waals surface area (Å²) in [5.74, 6) is 0.742. The SMILES string of the molecule is COc1ccc2ccccc2c1C1CC(C(=O)N/N=C/c2ccc(O)cc2)NN1. The van der Waals surface area contributed by atoms with Gasteiger partial charge >= 0.3 is 0 Å². The Morgan fingerprint density at radius 3 is 2.72 bits per heavy atom. The minimum atomic E-state index is -0.430. The Balaban J connectivity index is 1.46. The summed E-state index contributed by atoms with van der Waals surface area (Å²) in [5, 5.41) is 15.5. The van der Waals surface area contributed by atoms with Crippen LogP contribution in [0.3, 0.4) is 0 Å². The maximum atomic E-state index is 12.5. The number of hydrazone groups is 1. The van der Waals surface area contributed by atoms with Gasteiger partial charge in [-0.1, -0.05) is 30.3 Å². The molecule has 4 N–H and O–H groups in total. The van der Waals surface area contributed by atoms with Gasteiger partial charge in [-0.25, -0.2) is 16.3 Å². The summed E-state index contributed by atoms with van der Waals surface area (Å²) >= 11 is 0. The normalized spacial score (nSPS) is 18.9. The third-order valence-electron chi connectivity index (χ3n) is 5.00. The summed E-state index contributed by atoms with van der Waals surface area (Å²) < 4.78 is 5.57. The molecular weight excluding hydrogens is 368 g/mol. The van der Waals surface area contributed by atoms with E-state index in [2.05, 4.69) is 33.5 Å². The van der Waals surface area contributed by atoms with E-state index in [1.165, 1.54) is 6.21 Å². The zero-order valence-electron chi connectivity index (χ0n) is 15.9. The minimum absolute atomic E-state index is 0.0760. The Kier molecular flexibility index (Phi) is 5.41. The molecule has 1 aliphatic heterocycles. The Hall–Kier alpha value is -3.42. The lowest BCUT2D eigenvalue weighted by atomic mass is 9.95. The van der Waals surface area contributed by atoms with Gasteiger partial charge in [0, 0.05) is 5.56 Å². The number of ether oxygens (including phenoxy) is 1. The number of nitrogens with one attached hydrogen (secondary N) is 3. The number of hydrogen-bond donors (Lipinski definition) is 4. The van der Waals surface area contributed by atoms with Crippen molar-refractivity contribution in [3.8, 4) is 11.5 Å². The van der Waals surface area contributed by atoms with Gasteiger partial charge in [0.15, 0.2) is 0 Å². The highest BCUT2D eigenvalue weighted by atomic mass is 16.5. The molecule has 0 spiro atoms. The number of carbonyl (C=O) groups is 1. The van der Waals surface area contributed by atoms with Crippen LogP contribution < -0.4 is 21.0 Å². The van der Waals surface area contributed by atoms with Gasteiger partial charge in [-0.15, -0.1) is 0 Å². The van der Waals surface area contributed by atoms with E-state index in [0.29, 0.717) is 6.42 Å². The number of benzene rings is 3. The van der Waals surface area contributed by atoms with Crippen molar-refractivity contribution in [2.45, 2.75) is 18.5 Å². The molecule has 3 aromatic rings. The van der Waals surface area contributed by atoms with Crippen LogP contribution in [-0.2, 0) is 4.79 Å². The summed E-state index contributed by atoms with van der Waals surface area (Å²) in [6.07, 6.45) is 2.09. The molecule has 1 fully saturated rings. The zero-order chi connectivity index (χ0) is 20.2. The number of phenolic OH excluding ortho intramolecular Hbond substituents is 1. The highest BCUT2D eigenvalue weighted by Crippen LogP contribution is 2.36. The van der Waals surface area contributed by atoms with Gasteiger partial charge in [-0.05, 0) is 53.1 Å². The molecule has 7 heteroatoms. The van der Waals surface area contributed by atoms with Crippen molar-refractivity contribution in [1.29, 1.82) is 0 Å². The number of carbonyl (C=O) groups excluding carboxylic acids is 1. The molecule has 0 aromatic heterocycles. The average Bonchev–Trinajstić information content (AvgIpc) is 3.24. The molecule has 1 saturated heterocycles. The van der Waals surface area contributed by atoms with Crippen LogP contribution in [0.25, 0.3) is 10.8 Å². The maximum Gasteiger partial charge on any atom is 0.258 e. The highest BCUT2D eigenvalue weighted by molar-refractivity contribution is 5.89. The van der Waals surface area contributed by atoms with E-state index in [4.69, 9.17) is 4.74 Å². The van der Waals surface area contributed by atoms with E-state index in [9.17, 15) is 9.90 Å². The number of nitrogens with zero attached hydrogens (tertiary/aromatic N) is 1. The molecule has 29 heavy (non-hydrogen) atoms. The van der Waals surface area contributed by atoms with Crippen LogP contribution in [0, 0.1) is 0 Å². The molecule has 2 unspecified atom stereocenters. The fourth-order valence-corrected chi connectivity index (χ4v) is 3.54. The number of hydrogen-bond acceptors (Lipinski definition) is 6. The molecule has 1 heterocycles.